The van der Waals surface area contributed by atoms with E-state index in [-0.39, 0.29) is 11.6 Å². The first-order chi connectivity index (χ1) is 9.05. The van der Waals surface area contributed by atoms with Crippen LogP contribution >= 0.6 is 0 Å². The van der Waals surface area contributed by atoms with Gasteiger partial charge in [0.2, 0.25) is 10.0 Å². The SMILES string of the molecule is CNC(CCC(C)=O)C(=O)O.CNS(=O)(=O)CC(C)=O. The van der Waals surface area contributed by atoms with Gasteiger partial charge in [-0.2, -0.15) is 0 Å². The van der Waals surface area contributed by atoms with Crippen molar-refractivity contribution in [2.75, 3.05) is 19.8 Å². The van der Waals surface area contributed by atoms with Crippen LogP contribution in [0.15, 0.2) is 0 Å². The molecular weight excluding hydrogens is 288 g/mol. The van der Waals surface area contributed by atoms with Gasteiger partial charge in [-0.05, 0) is 34.4 Å². The van der Waals surface area contributed by atoms with Gasteiger partial charge in [0.15, 0.2) is 0 Å². The number of aliphatic carboxylic acids is 1. The fourth-order valence-electron chi connectivity index (χ4n) is 1.08. The Balaban J connectivity index is 0. The van der Waals surface area contributed by atoms with Gasteiger partial charge in [0.25, 0.3) is 0 Å². The van der Waals surface area contributed by atoms with Crippen LogP contribution in [0.25, 0.3) is 0 Å². The molecule has 0 rings (SSSR count). The highest BCUT2D eigenvalue weighted by Crippen LogP contribution is 1.97. The first kappa shape index (κ1) is 21.0. The lowest BCUT2D eigenvalue weighted by Crippen LogP contribution is -2.34. The average molecular weight is 310 g/mol. The average Bonchev–Trinajstić information content (AvgIpc) is 2.28. The van der Waals surface area contributed by atoms with Crippen LogP contribution in [0.4, 0.5) is 0 Å². The van der Waals surface area contributed by atoms with Crippen LogP contribution in [0.1, 0.15) is 26.7 Å². The second-order valence-electron chi connectivity index (χ2n) is 4.09. The van der Waals surface area contributed by atoms with E-state index in [0.717, 1.165) is 0 Å². The molecule has 0 saturated carbocycles. The maximum Gasteiger partial charge on any atom is 0.320 e. The Labute approximate surface area is 119 Å². The first-order valence-electron chi connectivity index (χ1n) is 5.85. The van der Waals surface area contributed by atoms with E-state index in [2.05, 4.69) is 5.32 Å². The Morgan fingerprint density at radius 3 is 1.80 bits per heavy atom. The lowest BCUT2D eigenvalue weighted by Gasteiger charge is -2.08. The standard InChI is InChI=1S/C7H13NO3.C4H9NO3S/c1-5(9)3-4-6(8-2)7(10)11;1-4(6)3-9(7,8)5-2/h6,8H,3-4H2,1-2H3,(H,10,11);5H,3H2,1-2H3. The molecule has 0 aromatic carbocycles. The van der Waals surface area contributed by atoms with Gasteiger partial charge in [-0.15, -0.1) is 0 Å². The number of carboxylic acid groups (broad SMARTS) is 1. The van der Waals surface area contributed by atoms with Gasteiger partial charge in [0.05, 0.1) is 0 Å². The Bertz CT molecular complexity index is 432. The fraction of sp³-hybridized carbons (Fsp3) is 0.727. The van der Waals surface area contributed by atoms with E-state index in [4.69, 9.17) is 5.11 Å². The highest BCUT2D eigenvalue weighted by Gasteiger charge is 2.14. The molecule has 118 valence electrons. The molecule has 0 spiro atoms. The summed E-state index contributed by atoms with van der Waals surface area (Å²) in [6.45, 7) is 2.68. The maximum atomic E-state index is 10.5. The lowest BCUT2D eigenvalue weighted by atomic mass is 10.1. The summed E-state index contributed by atoms with van der Waals surface area (Å²) in [7, 11) is -0.474. The molecule has 0 aliphatic carbocycles. The van der Waals surface area contributed by atoms with Gasteiger partial charge >= 0.3 is 5.97 Å². The van der Waals surface area contributed by atoms with Gasteiger partial charge in [-0.3, -0.25) is 9.59 Å². The quantitative estimate of drug-likeness (QED) is 0.532. The summed E-state index contributed by atoms with van der Waals surface area (Å²) in [6, 6.07) is -0.598. The number of Topliss-reactive ketones (excluding diaryl/α,β-unsaturated/α-hetero) is 2. The predicted molar refractivity (Wildman–Crippen MR) is 73.9 cm³/mol. The van der Waals surface area contributed by atoms with Crippen LogP contribution in [0.3, 0.4) is 0 Å². The highest BCUT2D eigenvalue weighted by atomic mass is 32.2. The van der Waals surface area contributed by atoms with E-state index >= 15 is 0 Å². The number of carbonyl (C=O) groups excluding carboxylic acids is 2. The molecular formula is C11H22N2O6S. The summed E-state index contributed by atoms with van der Waals surface area (Å²) in [6.07, 6.45) is 0.680. The van der Waals surface area contributed by atoms with Crippen LogP contribution in [0.2, 0.25) is 0 Å². The van der Waals surface area contributed by atoms with Gasteiger partial charge in [-0.25, -0.2) is 13.1 Å². The number of nitrogens with one attached hydrogen (secondary N) is 2. The first-order valence-corrected chi connectivity index (χ1v) is 7.51. The zero-order chi connectivity index (χ0) is 16.3. The topological polar surface area (TPSA) is 130 Å². The summed E-state index contributed by atoms with van der Waals surface area (Å²) >= 11 is 0. The van der Waals surface area contributed by atoms with E-state index < -0.39 is 27.8 Å². The van der Waals surface area contributed by atoms with Gasteiger partial charge in [0, 0.05) is 6.42 Å². The minimum absolute atomic E-state index is 0.0199. The zero-order valence-corrected chi connectivity index (χ0v) is 12.9. The smallest absolute Gasteiger partial charge is 0.320 e. The van der Waals surface area contributed by atoms with Crippen molar-refractivity contribution in [3.63, 3.8) is 0 Å². The molecule has 1 unspecified atom stereocenters. The molecule has 0 aliphatic heterocycles. The van der Waals surface area contributed by atoms with Crippen molar-refractivity contribution in [2.45, 2.75) is 32.7 Å². The van der Waals surface area contributed by atoms with Crippen molar-refractivity contribution in [1.82, 2.24) is 10.0 Å². The maximum absolute atomic E-state index is 10.5. The zero-order valence-electron chi connectivity index (χ0n) is 12.1. The summed E-state index contributed by atoms with van der Waals surface area (Å²) in [5.74, 6) is -1.67. The van der Waals surface area contributed by atoms with Crippen molar-refractivity contribution in [2.24, 2.45) is 0 Å². The number of carboxylic acids is 1. The Hall–Kier alpha value is -1.32. The minimum atomic E-state index is -3.32. The molecule has 0 saturated heterocycles. The number of sulfonamides is 1. The summed E-state index contributed by atoms with van der Waals surface area (Å²) in [4.78, 5) is 31.0. The van der Waals surface area contributed by atoms with Gasteiger partial charge < -0.3 is 15.2 Å². The highest BCUT2D eigenvalue weighted by molar-refractivity contribution is 7.90. The monoisotopic (exact) mass is 310 g/mol. The number of ketones is 2. The lowest BCUT2D eigenvalue weighted by molar-refractivity contribution is -0.139. The van der Waals surface area contributed by atoms with E-state index in [1.54, 1.807) is 7.05 Å². The summed E-state index contributed by atoms with van der Waals surface area (Å²) < 4.78 is 23.0. The van der Waals surface area contributed by atoms with E-state index in [1.807, 2.05) is 4.72 Å². The van der Waals surface area contributed by atoms with E-state index in [1.165, 1.54) is 20.9 Å². The van der Waals surface area contributed by atoms with Crippen molar-refractivity contribution in [3.8, 4) is 0 Å². The van der Waals surface area contributed by atoms with Crippen molar-refractivity contribution in [3.05, 3.63) is 0 Å². The molecule has 0 amide bonds. The number of hydrogen-bond donors (Lipinski definition) is 3. The van der Waals surface area contributed by atoms with Crippen molar-refractivity contribution in [1.29, 1.82) is 0 Å². The van der Waals surface area contributed by atoms with Gasteiger partial charge in [0.1, 0.15) is 23.4 Å². The normalized spacial score (nSPS) is 12.0. The Morgan fingerprint density at radius 1 is 1.10 bits per heavy atom. The molecule has 0 bridgehead atoms. The van der Waals surface area contributed by atoms with E-state index in [0.29, 0.717) is 12.8 Å². The minimum Gasteiger partial charge on any atom is -0.480 e. The second-order valence-corrected chi connectivity index (χ2v) is 6.01. The molecule has 0 aliphatic rings. The number of hydrogen-bond acceptors (Lipinski definition) is 6. The van der Waals surface area contributed by atoms with Crippen LogP contribution in [0, 0.1) is 0 Å². The van der Waals surface area contributed by atoms with E-state index in [9.17, 15) is 22.8 Å². The van der Waals surface area contributed by atoms with Crippen LogP contribution in [0.5, 0.6) is 0 Å². The Morgan fingerprint density at radius 2 is 1.60 bits per heavy atom. The fourth-order valence-corrected chi connectivity index (χ4v) is 1.76. The van der Waals surface area contributed by atoms with Gasteiger partial charge in [-0.1, -0.05) is 0 Å². The molecule has 9 heteroatoms. The number of carbonyl (C=O) groups is 3. The summed E-state index contributed by atoms with van der Waals surface area (Å²) in [5.41, 5.74) is 0. The molecule has 20 heavy (non-hydrogen) atoms. The van der Waals surface area contributed by atoms with Crippen molar-refractivity contribution >= 4 is 27.6 Å². The van der Waals surface area contributed by atoms with Crippen LogP contribution in [-0.4, -0.2) is 57.0 Å². The van der Waals surface area contributed by atoms with Crippen molar-refractivity contribution < 1.29 is 27.9 Å². The molecule has 0 heterocycles. The second kappa shape index (κ2) is 10.5. The molecule has 8 nitrogen and oxygen atoms in total. The third-order valence-electron chi connectivity index (χ3n) is 2.14. The largest absolute Gasteiger partial charge is 0.480 e. The van der Waals surface area contributed by atoms with Crippen LogP contribution < -0.4 is 10.0 Å². The van der Waals surface area contributed by atoms with Crippen LogP contribution in [-0.2, 0) is 24.4 Å². The molecule has 3 N–H and O–H groups in total. The third-order valence-corrected chi connectivity index (χ3v) is 3.54. The number of rotatable bonds is 8. The molecule has 1 atom stereocenters. The molecule has 0 fully saturated rings. The third kappa shape index (κ3) is 13.1. The molecule has 0 aromatic rings. The molecule has 0 radical (unpaired) electrons. The summed E-state index contributed by atoms with van der Waals surface area (Å²) in [5, 5.41) is 11.1. The number of likely N-dealkylation sites (N-methyl/N-ethyl adjacent to an activating group) is 1. The predicted octanol–water partition coefficient (Wildman–Crippen LogP) is -0.847. The molecule has 0 aromatic heterocycles. The Kier molecular flexibility index (Phi) is 11.0.